The van der Waals surface area contributed by atoms with E-state index in [9.17, 15) is 14.2 Å². The summed E-state index contributed by atoms with van der Waals surface area (Å²) in [5.41, 5.74) is 0. The second kappa shape index (κ2) is 22.8. The number of rotatable bonds is 22. The van der Waals surface area contributed by atoms with Crippen LogP contribution in [0.1, 0.15) is 124 Å². The predicted molar refractivity (Wildman–Crippen MR) is 131 cm³/mol. The molecule has 0 amide bonds. The van der Waals surface area contributed by atoms with E-state index in [2.05, 4.69) is 11.4 Å². The lowest BCUT2D eigenvalue weighted by atomic mass is 10.0. The van der Waals surface area contributed by atoms with E-state index < -0.39 is 32.5 Å². The van der Waals surface area contributed by atoms with E-state index in [1.807, 2.05) is 0 Å². The first-order chi connectivity index (χ1) is 15.3. The van der Waals surface area contributed by atoms with E-state index in [-0.39, 0.29) is 26.9 Å². The first-order valence-electron chi connectivity index (χ1n) is 12.3. The van der Waals surface area contributed by atoms with Crippen molar-refractivity contribution in [3.05, 3.63) is 0 Å². The van der Waals surface area contributed by atoms with Gasteiger partial charge in [0.15, 0.2) is 6.10 Å². The fourth-order valence-electron chi connectivity index (χ4n) is 3.29. The molecule has 0 aliphatic carbocycles. The molecule has 8 nitrogen and oxygen atoms in total. The summed E-state index contributed by atoms with van der Waals surface area (Å²) in [4.78, 5) is 41.1. The van der Waals surface area contributed by atoms with E-state index in [0.29, 0.717) is 6.42 Å². The molecule has 33 heavy (non-hydrogen) atoms. The maximum absolute atomic E-state index is 11.9. The normalized spacial score (nSPS) is 12.1. The zero-order valence-electron chi connectivity index (χ0n) is 20.1. The molecule has 0 aromatic carbocycles. The van der Waals surface area contributed by atoms with Gasteiger partial charge in [0.2, 0.25) is 0 Å². The molecule has 0 saturated heterocycles. The highest BCUT2D eigenvalue weighted by Gasteiger charge is 2.22. The minimum atomic E-state index is -4.70. The van der Waals surface area contributed by atoms with E-state index in [4.69, 9.17) is 19.3 Å². The van der Waals surface area contributed by atoms with E-state index >= 15 is 0 Å². The Bertz CT molecular complexity index is 521. The molecule has 0 aliphatic heterocycles. The highest BCUT2D eigenvalue weighted by atomic mass is 31.2. The lowest BCUT2D eigenvalue weighted by Gasteiger charge is -2.18. The molecule has 0 spiro atoms. The Hall–Kier alpha value is -0.950. The Morgan fingerprint density at radius 1 is 0.697 bits per heavy atom. The van der Waals surface area contributed by atoms with Crippen LogP contribution in [0.15, 0.2) is 0 Å². The number of phosphoric ester groups is 1. The van der Waals surface area contributed by atoms with E-state index in [1.165, 1.54) is 64.2 Å². The van der Waals surface area contributed by atoms with Gasteiger partial charge in [0, 0.05) is 12.8 Å². The van der Waals surface area contributed by atoms with Crippen LogP contribution in [-0.2, 0) is 28.2 Å². The second-order valence-electron chi connectivity index (χ2n) is 8.32. The van der Waals surface area contributed by atoms with Gasteiger partial charge in [-0.2, -0.15) is 0 Å². The molecule has 0 heterocycles. The molecule has 0 saturated carbocycles. The monoisotopic (exact) mass is 496 g/mol. The summed E-state index contributed by atoms with van der Waals surface area (Å²) in [6.45, 7) is 3.22. The quantitative estimate of drug-likeness (QED) is 0.0994. The minimum absolute atomic E-state index is 0. The zero-order chi connectivity index (χ0) is 24.1. The first kappa shape index (κ1) is 34.2. The van der Waals surface area contributed by atoms with Crippen LogP contribution in [-0.4, -0.2) is 41.0 Å². The summed E-state index contributed by atoms with van der Waals surface area (Å²) in [6.07, 6.45) is 15.8. The molecule has 1 atom stereocenters. The molecular weight excluding hydrogens is 447 g/mol. The van der Waals surface area contributed by atoms with Gasteiger partial charge in [0.25, 0.3) is 0 Å². The number of phosphoric acid groups is 1. The average Bonchev–Trinajstić information content (AvgIpc) is 2.73. The van der Waals surface area contributed by atoms with Crippen molar-refractivity contribution >= 4 is 19.8 Å². The number of unbranched alkanes of at least 4 members (excludes halogenated alkanes) is 12. The molecule has 0 aliphatic rings. The summed E-state index contributed by atoms with van der Waals surface area (Å²) < 4.78 is 25.4. The summed E-state index contributed by atoms with van der Waals surface area (Å²) in [6, 6.07) is 0. The van der Waals surface area contributed by atoms with Crippen LogP contribution in [0.3, 0.4) is 0 Å². The van der Waals surface area contributed by atoms with E-state index in [1.54, 1.807) is 6.92 Å². The fourth-order valence-corrected chi connectivity index (χ4v) is 3.65. The number of ether oxygens (including phenoxy) is 2. The molecule has 9 heteroatoms. The molecule has 0 rings (SSSR count). The molecule has 0 fully saturated rings. The van der Waals surface area contributed by atoms with Gasteiger partial charge in [-0.1, -0.05) is 98.3 Å². The number of hydrogen-bond donors (Lipinski definition) is 2. The summed E-state index contributed by atoms with van der Waals surface area (Å²) in [7, 11) is -4.70. The maximum atomic E-state index is 11.9. The highest BCUT2D eigenvalue weighted by Crippen LogP contribution is 2.35. The van der Waals surface area contributed by atoms with Crippen molar-refractivity contribution in [2.24, 2.45) is 0 Å². The van der Waals surface area contributed by atoms with Gasteiger partial charge in [-0.15, -0.1) is 0 Å². The lowest BCUT2D eigenvalue weighted by molar-refractivity contribution is -0.161. The van der Waals surface area contributed by atoms with Crippen molar-refractivity contribution in [1.82, 2.24) is 0 Å². The molecule has 0 bridgehead atoms. The fraction of sp³-hybridized carbons (Fsp3) is 0.917. The van der Waals surface area contributed by atoms with Crippen molar-refractivity contribution < 1.29 is 37.9 Å². The number of hydrogen-bond acceptors (Lipinski definition) is 6. The van der Waals surface area contributed by atoms with Gasteiger partial charge in [0.1, 0.15) is 6.61 Å². The molecule has 0 aromatic heterocycles. The number of carbonyl (C=O) groups excluding carboxylic acids is 2. The van der Waals surface area contributed by atoms with Gasteiger partial charge < -0.3 is 19.3 Å². The van der Waals surface area contributed by atoms with Crippen LogP contribution in [0.5, 0.6) is 0 Å². The summed E-state index contributed by atoms with van der Waals surface area (Å²) in [5.74, 6) is -0.944. The van der Waals surface area contributed by atoms with Crippen LogP contribution in [0.25, 0.3) is 0 Å². The molecule has 198 valence electrons. The van der Waals surface area contributed by atoms with Gasteiger partial charge >= 0.3 is 19.8 Å². The van der Waals surface area contributed by atoms with Crippen molar-refractivity contribution in [2.75, 3.05) is 13.2 Å². The van der Waals surface area contributed by atoms with Crippen LogP contribution < -0.4 is 0 Å². The molecule has 2 N–H and O–H groups in total. The molecular formula is C24H49O8P. The predicted octanol–water partition coefficient (Wildman–Crippen LogP) is 6.47. The Morgan fingerprint density at radius 3 is 1.64 bits per heavy atom. The lowest BCUT2D eigenvalue weighted by Crippen LogP contribution is -2.29. The number of esters is 2. The van der Waals surface area contributed by atoms with Crippen molar-refractivity contribution in [3.8, 4) is 0 Å². The summed E-state index contributed by atoms with van der Waals surface area (Å²) >= 11 is 0. The second-order valence-corrected chi connectivity index (χ2v) is 9.56. The van der Waals surface area contributed by atoms with Gasteiger partial charge in [-0.3, -0.25) is 14.1 Å². The van der Waals surface area contributed by atoms with Crippen molar-refractivity contribution in [2.45, 2.75) is 130 Å². The van der Waals surface area contributed by atoms with Gasteiger partial charge in [-0.25, -0.2) is 4.57 Å². The Morgan fingerprint density at radius 2 is 1.18 bits per heavy atom. The third kappa shape index (κ3) is 25.5. The Kier molecular flexibility index (Phi) is 23.7. The molecule has 0 aromatic rings. The zero-order valence-corrected chi connectivity index (χ0v) is 21.0. The Labute approximate surface area is 201 Å². The SMILES string of the molecule is C.CCCCCCCCCCCCCCCC(=O)OC[C@@H](COP(=O)(O)O)OC(=O)CCC. The van der Waals surface area contributed by atoms with Crippen LogP contribution in [0, 0.1) is 0 Å². The maximum Gasteiger partial charge on any atom is 0.469 e. The van der Waals surface area contributed by atoms with Crippen LogP contribution in [0.2, 0.25) is 0 Å². The van der Waals surface area contributed by atoms with Gasteiger partial charge in [-0.05, 0) is 12.8 Å². The third-order valence-corrected chi connectivity index (χ3v) is 5.58. The third-order valence-electron chi connectivity index (χ3n) is 5.10. The summed E-state index contributed by atoms with van der Waals surface area (Å²) in [5, 5.41) is 0. The minimum Gasteiger partial charge on any atom is -0.462 e. The molecule has 0 unspecified atom stereocenters. The average molecular weight is 497 g/mol. The van der Waals surface area contributed by atoms with Crippen LogP contribution in [0.4, 0.5) is 0 Å². The highest BCUT2D eigenvalue weighted by molar-refractivity contribution is 7.46. The van der Waals surface area contributed by atoms with Crippen molar-refractivity contribution in [3.63, 3.8) is 0 Å². The largest absolute Gasteiger partial charge is 0.469 e. The van der Waals surface area contributed by atoms with Gasteiger partial charge in [0.05, 0.1) is 6.61 Å². The van der Waals surface area contributed by atoms with Crippen LogP contribution >= 0.6 is 7.82 Å². The standard InChI is InChI=1S/C23H45O8P.CH4/c1-3-5-6-7-8-9-10-11-12-13-14-15-16-18-22(24)29-19-21(20-30-32(26,27)28)31-23(25)17-4-2;/h21H,3-20H2,1-2H3,(H2,26,27,28);1H4/t21-;/m0./s1. The molecule has 0 radical (unpaired) electrons. The topological polar surface area (TPSA) is 119 Å². The smallest absolute Gasteiger partial charge is 0.462 e. The first-order valence-corrected chi connectivity index (χ1v) is 13.9. The van der Waals surface area contributed by atoms with E-state index in [0.717, 1.165) is 19.3 Å². The van der Waals surface area contributed by atoms with Crippen molar-refractivity contribution in [1.29, 1.82) is 0 Å². The Balaban J connectivity index is 0. The number of carbonyl (C=O) groups is 2.